The Hall–Kier alpha value is -6.96. The number of pyridine rings is 1. The molecule has 11 nitrogen and oxygen atoms in total. The molecule has 0 unspecified atom stereocenters. The molecule has 11 rings (SSSR count). The lowest BCUT2D eigenvalue weighted by molar-refractivity contribution is 0.174. The van der Waals surface area contributed by atoms with Crippen LogP contribution in [0.1, 0.15) is 191 Å². The summed E-state index contributed by atoms with van der Waals surface area (Å²) in [6.07, 6.45) is 11.5. The Balaban J connectivity index is 0.000000196. The molecule has 13 heteroatoms. The first-order valence-corrected chi connectivity index (χ1v) is 29.5. The number of para-hydroxylation sites is 1. The van der Waals surface area contributed by atoms with Crippen LogP contribution in [0.3, 0.4) is 0 Å². The van der Waals surface area contributed by atoms with Crippen LogP contribution >= 0.6 is 22.9 Å². The molecule has 0 spiro atoms. The first-order chi connectivity index (χ1) is 37.9. The van der Waals surface area contributed by atoms with E-state index in [9.17, 15) is 0 Å². The van der Waals surface area contributed by atoms with Gasteiger partial charge in [-0.3, -0.25) is 4.98 Å². The molecular weight excluding hydrogens is 1020 g/mol. The summed E-state index contributed by atoms with van der Waals surface area (Å²) in [5.74, 6) is 7.51. The van der Waals surface area contributed by atoms with E-state index in [-0.39, 0.29) is 0 Å². The maximum Gasteiger partial charge on any atom is 0.231 e. The van der Waals surface area contributed by atoms with Gasteiger partial charge in [-0.05, 0) is 157 Å². The minimum Gasteiger partial charge on any atom is -0.469 e. The molecule has 0 saturated carbocycles. The van der Waals surface area contributed by atoms with Crippen molar-refractivity contribution in [3.8, 4) is 22.8 Å². The zero-order chi connectivity index (χ0) is 57.7. The molecule has 0 saturated heterocycles. The Morgan fingerprint density at radius 2 is 1.19 bits per heavy atom. The van der Waals surface area contributed by atoms with Crippen molar-refractivity contribution in [3.63, 3.8) is 0 Å². The van der Waals surface area contributed by atoms with Gasteiger partial charge in [0, 0.05) is 58.7 Å². The summed E-state index contributed by atoms with van der Waals surface area (Å²) >= 11 is 3.15. The third-order valence-corrected chi connectivity index (χ3v) is 13.9. The van der Waals surface area contributed by atoms with E-state index in [1.807, 2.05) is 66.6 Å². The van der Waals surface area contributed by atoms with Crippen LogP contribution in [0.2, 0.25) is 0 Å². The van der Waals surface area contributed by atoms with Gasteiger partial charge >= 0.3 is 0 Å². The van der Waals surface area contributed by atoms with Crippen molar-refractivity contribution in [1.82, 2.24) is 24.5 Å². The molecule has 0 aliphatic carbocycles. The van der Waals surface area contributed by atoms with E-state index in [4.69, 9.17) is 13.9 Å². The maximum absolute atomic E-state index is 5.27. The van der Waals surface area contributed by atoms with Gasteiger partial charge in [-0.25, -0.2) is 0 Å². The monoisotopic (exact) mass is 1100 g/mol. The van der Waals surface area contributed by atoms with E-state index in [0.29, 0.717) is 60.7 Å². The van der Waals surface area contributed by atoms with Gasteiger partial charge in [-0.2, -0.15) is 16.5 Å². The first-order valence-electron chi connectivity index (χ1n) is 27.7. The van der Waals surface area contributed by atoms with Gasteiger partial charge in [0.15, 0.2) is 11.5 Å². The van der Waals surface area contributed by atoms with E-state index < -0.39 is 0 Å². The van der Waals surface area contributed by atoms with E-state index in [1.54, 1.807) is 17.6 Å². The van der Waals surface area contributed by atoms with Crippen molar-refractivity contribution < 1.29 is 13.9 Å². The van der Waals surface area contributed by atoms with E-state index in [2.05, 4.69) is 234 Å². The van der Waals surface area contributed by atoms with Crippen molar-refractivity contribution in [1.29, 1.82) is 0 Å². The Morgan fingerprint density at radius 1 is 0.544 bits per heavy atom. The van der Waals surface area contributed by atoms with E-state index in [0.717, 1.165) is 34.2 Å². The SMILES string of the molecule is CC(C)C1=NN=NC1.CC(C)c1c[nH]c2ccccc12.CC(C)c1cc[nH]c1.CC(C)c1ccc(-c2csnn2)cc1.CC(C)c1ccc2c(c1)OCO2.CC(C)c1ccco1.CC(C)c1ccncc1.CC(C)c1ccsc1. The molecule has 0 radical (unpaired) electrons. The van der Waals surface area contributed by atoms with Crippen LogP contribution in [0, 0.1) is 5.92 Å². The average molecular weight is 1110 g/mol. The molecule has 422 valence electrons. The third-order valence-electron chi connectivity index (χ3n) is 12.7. The topological polar surface area (TPSA) is 139 Å². The number of nitrogens with zero attached hydrogens (tertiary/aromatic N) is 6. The summed E-state index contributed by atoms with van der Waals surface area (Å²) in [5.41, 5.74) is 12.7. The lowest BCUT2D eigenvalue weighted by Crippen LogP contribution is -2.07. The molecule has 0 fully saturated rings. The molecule has 3 aromatic carbocycles. The van der Waals surface area contributed by atoms with Gasteiger partial charge in [0.2, 0.25) is 6.79 Å². The van der Waals surface area contributed by atoms with E-state index >= 15 is 0 Å². The van der Waals surface area contributed by atoms with Crippen molar-refractivity contribution in [2.24, 2.45) is 21.4 Å². The summed E-state index contributed by atoms with van der Waals surface area (Å²) in [4.78, 5) is 10.2. The Morgan fingerprint density at radius 3 is 1.65 bits per heavy atom. The van der Waals surface area contributed by atoms with Crippen LogP contribution in [0.25, 0.3) is 22.2 Å². The predicted molar refractivity (Wildman–Crippen MR) is 335 cm³/mol. The standard InChI is InChI=1S/C11H12N2S.C11H13N.C10H12O2.C8H11N.C7H11N.C7H10O.C7H10S.C5H9N3/c1-8(2)9-3-5-10(6-4-9)11-7-14-13-12-11;1-8(2)10-7-12-11-6-4-3-5-9(10)11;1-7(2)8-3-4-9-10(5-8)12-6-11-9;1-7(2)8-3-5-9-6-4-8;1-6(2)7-3-4-8-5-7;1-6(2)7-4-3-5-8-7;1-6(2)7-3-4-8-5-7;1-4(2)5-3-6-8-7-5/h3-8H,1-2H3;3-8,12H,1-2H3;3-5,7H,6H2,1-2H3;3-7H,1-2H3;3-6,8H,1-2H3;2*3-6H,1-2H3;4H,3H2,1-2H3. The first kappa shape index (κ1) is 64.6. The summed E-state index contributed by atoms with van der Waals surface area (Å²) < 4.78 is 19.4. The number of rotatable bonds is 9. The second kappa shape index (κ2) is 34.8. The van der Waals surface area contributed by atoms with Gasteiger partial charge < -0.3 is 23.9 Å². The fraction of sp³-hybridized carbons (Fsp3) is 0.394. The number of furan rings is 1. The fourth-order valence-corrected chi connectivity index (χ4v) is 8.65. The zero-order valence-corrected chi connectivity index (χ0v) is 51.4. The summed E-state index contributed by atoms with van der Waals surface area (Å²) in [6, 6.07) is 35.3. The zero-order valence-electron chi connectivity index (χ0n) is 49.8. The summed E-state index contributed by atoms with van der Waals surface area (Å²) in [7, 11) is 0. The van der Waals surface area contributed by atoms with Crippen LogP contribution in [0.4, 0.5) is 0 Å². The summed E-state index contributed by atoms with van der Waals surface area (Å²) in [6.45, 7) is 35.8. The number of aromatic amines is 2. The van der Waals surface area contributed by atoms with Crippen LogP contribution in [-0.4, -0.2) is 43.6 Å². The number of benzene rings is 3. The quantitative estimate of drug-likeness (QED) is 0.148. The van der Waals surface area contributed by atoms with Crippen molar-refractivity contribution in [2.45, 2.75) is 152 Å². The highest BCUT2D eigenvalue weighted by atomic mass is 32.1. The third kappa shape index (κ3) is 23.1. The predicted octanol–water partition coefficient (Wildman–Crippen LogP) is 20.2. The molecule has 0 amide bonds. The van der Waals surface area contributed by atoms with Gasteiger partial charge in [-0.15, -0.1) is 10.2 Å². The van der Waals surface area contributed by atoms with Crippen molar-refractivity contribution in [2.75, 3.05) is 13.3 Å². The lowest BCUT2D eigenvalue weighted by atomic mass is 10.0. The normalized spacial score (nSPS) is 11.8. The van der Waals surface area contributed by atoms with Gasteiger partial charge in [0.1, 0.15) is 18.0 Å². The number of fused-ring (bicyclic) bond motifs is 2. The number of aromatic nitrogens is 5. The van der Waals surface area contributed by atoms with Gasteiger partial charge in [0.05, 0.1) is 12.0 Å². The molecule has 9 aromatic rings. The van der Waals surface area contributed by atoms with Crippen LogP contribution in [0.15, 0.2) is 176 Å². The highest BCUT2D eigenvalue weighted by molar-refractivity contribution is 7.08. The molecule has 6 aromatic heterocycles. The fourth-order valence-electron chi connectivity index (χ4n) is 7.36. The van der Waals surface area contributed by atoms with Crippen LogP contribution in [-0.2, 0) is 0 Å². The summed E-state index contributed by atoms with van der Waals surface area (Å²) in [5, 5.41) is 22.7. The highest BCUT2D eigenvalue weighted by Crippen LogP contribution is 2.34. The average Bonchev–Trinajstić information content (AvgIpc) is 4.31. The number of hydrogen-bond acceptors (Lipinski definition) is 11. The molecular formula is C66H88N8O3S2. The number of H-pyrrole nitrogens is 2. The lowest BCUT2D eigenvalue weighted by Gasteiger charge is -2.05. The van der Waals surface area contributed by atoms with Crippen molar-refractivity contribution in [3.05, 3.63) is 196 Å². The van der Waals surface area contributed by atoms with Crippen molar-refractivity contribution >= 4 is 39.5 Å². The molecule has 8 heterocycles. The molecule has 2 N–H and O–H groups in total. The Bertz CT molecular complexity index is 2920. The molecule has 0 atom stereocenters. The molecule has 2 aliphatic rings. The van der Waals surface area contributed by atoms with Crippen LogP contribution in [0.5, 0.6) is 11.5 Å². The number of nitrogens with one attached hydrogen (secondary N) is 2. The number of hydrogen-bond donors (Lipinski definition) is 2. The second-order valence-electron chi connectivity index (χ2n) is 21.5. The largest absolute Gasteiger partial charge is 0.469 e. The highest BCUT2D eigenvalue weighted by Gasteiger charge is 2.14. The molecule has 0 bridgehead atoms. The minimum atomic E-state index is 0.358. The Kier molecular flexibility index (Phi) is 28.5. The smallest absolute Gasteiger partial charge is 0.231 e. The second-order valence-corrected chi connectivity index (χ2v) is 22.9. The minimum absolute atomic E-state index is 0.358. The Labute approximate surface area is 480 Å². The van der Waals surface area contributed by atoms with Crippen LogP contribution < -0.4 is 9.47 Å². The van der Waals surface area contributed by atoms with Gasteiger partial charge in [-0.1, -0.05) is 164 Å². The molecule has 2 aliphatic heterocycles. The number of thiophene rings is 1. The van der Waals surface area contributed by atoms with E-state index in [1.165, 1.54) is 55.8 Å². The maximum atomic E-state index is 5.27. The number of ether oxygens (including phenoxy) is 2. The van der Waals surface area contributed by atoms with Gasteiger partial charge in [0.25, 0.3) is 0 Å². The molecule has 79 heavy (non-hydrogen) atoms.